The van der Waals surface area contributed by atoms with Gasteiger partial charge in [0, 0.05) is 12.2 Å². The molecule has 0 saturated heterocycles. The fourth-order valence-electron chi connectivity index (χ4n) is 1.70. The van der Waals surface area contributed by atoms with Gasteiger partial charge in [-0.2, -0.15) is 0 Å². The van der Waals surface area contributed by atoms with Crippen LogP contribution in [0.5, 0.6) is 11.5 Å². The average molecular weight is 254 g/mol. The number of hydrogen-bond donors (Lipinski definition) is 2. The minimum Gasteiger partial charge on any atom is -0.497 e. The van der Waals surface area contributed by atoms with Gasteiger partial charge in [-0.1, -0.05) is 6.42 Å². The second-order valence-electron chi connectivity index (χ2n) is 4.12. The molecule has 1 aromatic carbocycles. The van der Waals surface area contributed by atoms with Crippen LogP contribution in [-0.2, 0) is 6.61 Å². The number of unbranched alkanes of at least 4 members (excludes halogenated alkanes) is 3. The van der Waals surface area contributed by atoms with Crippen molar-refractivity contribution in [2.45, 2.75) is 32.3 Å². The molecule has 0 aliphatic heterocycles. The first-order valence-corrected chi connectivity index (χ1v) is 6.33. The minimum absolute atomic E-state index is 0.0585. The highest BCUT2D eigenvalue weighted by Gasteiger charge is 2.04. The highest BCUT2D eigenvalue weighted by molar-refractivity contribution is 5.39. The molecule has 0 aliphatic carbocycles. The topological polar surface area (TPSA) is 58.9 Å². The van der Waals surface area contributed by atoms with E-state index in [2.05, 4.69) is 0 Å². The van der Waals surface area contributed by atoms with Gasteiger partial charge in [-0.25, -0.2) is 0 Å². The second-order valence-corrected chi connectivity index (χ2v) is 4.12. The van der Waals surface area contributed by atoms with Gasteiger partial charge in [0.05, 0.1) is 20.3 Å². The molecule has 0 saturated carbocycles. The van der Waals surface area contributed by atoms with Crippen LogP contribution in [0.4, 0.5) is 0 Å². The number of aliphatic hydroxyl groups excluding tert-OH is 2. The molecule has 2 N–H and O–H groups in total. The van der Waals surface area contributed by atoms with Crippen molar-refractivity contribution in [3.63, 3.8) is 0 Å². The van der Waals surface area contributed by atoms with E-state index in [1.165, 1.54) is 0 Å². The SMILES string of the molecule is COc1ccc(OCCCCCCO)c(CO)c1. The number of benzene rings is 1. The lowest BCUT2D eigenvalue weighted by Crippen LogP contribution is -2.01. The summed E-state index contributed by atoms with van der Waals surface area (Å²) in [5, 5.41) is 17.9. The molecule has 0 unspecified atom stereocenters. The summed E-state index contributed by atoms with van der Waals surface area (Å²) in [7, 11) is 1.60. The zero-order valence-electron chi connectivity index (χ0n) is 10.9. The lowest BCUT2D eigenvalue weighted by molar-refractivity contribution is 0.255. The van der Waals surface area contributed by atoms with Crippen LogP contribution in [0.2, 0.25) is 0 Å². The Hall–Kier alpha value is -1.26. The van der Waals surface area contributed by atoms with Gasteiger partial charge in [0.2, 0.25) is 0 Å². The van der Waals surface area contributed by atoms with Gasteiger partial charge in [-0.3, -0.25) is 0 Å². The molecule has 0 aliphatic rings. The molecule has 0 atom stereocenters. The number of methoxy groups -OCH3 is 1. The summed E-state index contributed by atoms with van der Waals surface area (Å²) in [4.78, 5) is 0. The quantitative estimate of drug-likeness (QED) is 0.663. The molecule has 102 valence electrons. The Morgan fingerprint density at radius 3 is 2.50 bits per heavy atom. The Kier molecular flexibility index (Phi) is 7.22. The molecular formula is C14H22O4. The maximum absolute atomic E-state index is 9.25. The van der Waals surface area contributed by atoms with Gasteiger partial charge in [0.1, 0.15) is 11.5 Å². The molecule has 0 amide bonds. The summed E-state index contributed by atoms with van der Waals surface area (Å²) in [6, 6.07) is 5.42. The van der Waals surface area contributed by atoms with Crippen molar-refractivity contribution in [1.82, 2.24) is 0 Å². The lowest BCUT2D eigenvalue weighted by Gasteiger charge is -2.11. The maximum atomic E-state index is 9.25. The second kappa shape index (κ2) is 8.78. The molecule has 0 aromatic heterocycles. The average Bonchev–Trinajstić information content (AvgIpc) is 2.42. The van der Waals surface area contributed by atoms with Gasteiger partial charge in [-0.05, 0) is 37.5 Å². The van der Waals surface area contributed by atoms with E-state index in [0.29, 0.717) is 18.1 Å². The van der Waals surface area contributed by atoms with Crippen molar-refractivity contribution in [1.29, 1.82) is 0 Å². The van der Waals surface area contributed by atoms with Crippen LogP contribution in [-0.4, -0.2) is 30.5 Å². The van der Waals surface area contributed by atoms with E-state index in [9.17, 15) is 5.11 Å². The van der Waals surface area contributed by atoms with Crippen LogP contribution >= 0.6 is 0 Å². The van der Waals surface area contributed by atoms with E-state index in [1.807, 2.05) is 12.1 Å². The predicted molar refractivity (Wildman–Crippen MR) is 70.0 cm³/mol. The van der Waals surface area contributed by atoms with E-state index in [-0.39, 0.29) is 13.2 Å². The molecule has 0 radical (unpaired) electrons. The third kappa shape index (κ3) is 4.94. The zero-order valence-corrected chi connectivity index (χ0v) is 10.9. The molecule has 0 spiro atoms. The molecule has 4 heteroatoms. The highest BCUT2D eigenvalue weighted by atomic mass is 16.5. The predicted octanol–water partition coefficient (Wildman–Crippen LogP) is 2.12. The smallest absolute Gasteiger partial charge is 0.125 e. The molecule has 1 aromatic rings. The summed E-state index contributed by atoms with van der Waals surface area (Å²) in [6.07, 6.45) is 3.88. The summed E-state index contributed by atoms with van der Waals surface area (Å²) in [5.74, 6) is 1.43. The summed E-state index contributed by atoms with van der Waals surface area (Å²) < 4.78 is 10.7. The Bertz CT molecular complexity index is 339. The molecule has 0 fully saturated rings. The van der Waals surface area contributed by atoms with Crippen LogP contribution < -0.4 is 9.47 Å². The first-order chi connectivity index (χ1) is 8.81. The molecule has 0 bridgehead atoms. The van der Waals surface area contributed by atoms with Gasteiger partial charge in [0.25, 0.3) is 0 Å². The van der Waals surface area contributed by atoms with Gasteiger partial charge < -0.3 is 19.7 Å². The van der Waals surface area contributed by atoms with Crippen molar-refractivity contribution in [3.8, 4) is 11.5 Å². The monoisotopic (exact) mass is 254 g/mol. The number of hydrogen-bond acceptors (Lipinski definition) is 4. The third-order valence-corrected chi connectivity index (χ3v) is 2.75. The third-order valence-electron chi connectivity index (χ3n) is 2.75. The molecule has 4 nitrogen and oxygen atoms in total. The zero-order chi connectivity index (χ0) is 13.2. The van der Waals surface area contributed by atoms with Crippen molar-refractivity contribution in [3.05, 3.63) is 23.8 Å². The van der Waals surface area contributed by atoms with Crippen LogP contribution in [0.1, 0.15) is 31.2 Å². The van der Waals surface area contributed by atoms with Gasteiger partial charge >= 0.3 is 0 Å². The fourth-order valence-corrected chi connectivity index (χ4v) is 1.70. The van der Waals surface area contributed by atoms with E-state index in [4.69, 9.17) is 14.6 Å². The number of ether oxygens (including phenoxy) is 2. The van der Waals surface area contributed by atoms with Crippen molar-refractivity contribution < 1.29 is 19.7 Å². The normalized spacial score (nSPS) is 10.4. The van der Waals surface area contributed by atoms with Crippen molar-refractivity contribution >= 4 is 0 Å². The minimum atomic E-state index is -0.0585. The Morgan fingerprint density at radius 2 is 1.83 bits per heavy atom. The molecule has 0 heterocycles. The van der Waals surface area contributed by atoms with Crippen LogP contribution in [0, 0.1) is 0 Å². The van der Waals surface area contributed by atoms with E-state index >= 15 is 0 Å². The summed E-state index contributed by atoms with van der Waals surface area (Å²) >= 11 is 0. The van der Waals surface area contributed by atoms with Crippen molar-refractivity contribution in [2.24, 2.45) is 0 Å². The molecule has 1 rings (SSSR count). The fraction of sp³-hybridized carbons (Fsp3) is 0.571. The van der Waals surface area contributed by atoms with Crippen LogP contribution in [0.3, 0.4) is 0 Å². The molecule has 18 heavy (non-hydrogen) atoms. The highest BCUT2D eigenvalue weighted by Crippen LogP contribution is 2.24. The first kappa shape index (κ1) is 14.8. The van der Waals surface area contributed by atoms with Gasteiger partial charge in [-0.15, -0.1) is 0 Å². The van der Waals surface area contributed by atoms with Crippen molar-refractivity contribution in [2.75, 3.05) is 20.3 Å². The largest absolute Gasteiger partial charge is 0.497 e. The van der Waals surface area contributed by atoms with Crippen LogP contribution in [0.25, 0.3) is 0 Å². The summed E-state index contributed by atoms with van der Waals surface area (Å²) in [6.45, 7) is 0.829. The lowest BCUT2D eigenvalue weighted by atomic mass is 10.2. The first-order valence-electron chi connectivity index (χ1n) is 6.33. The molecular weight excluding hydrogens is 232 g/mol. The Balaban J connectivity index is 2.37. The van der Waals surface area contributed by atoms with E-state index in [1.54, 1.807) is 13.2 Å². The Labute approximate surface area is 108 Å². The van der Waals surface area contributed by atoms with Gasteiger partial charge in [0.15, 0.2) is 0 Å². The number of rotatable bonds is 9. The standard InChI is InChI=1S/C14H22O4/c1-17-13-6-7-14(12(10-13)11-16)18-9-5-3-2-4-8-15/h6-7,10,15-16H,2-5,8-9,11H2,1H3. The van der Waals surface area contributed by atoms with E-state index < -0.39 is 0 Å². The van der Waals surface area contributed by atoms with E-state index in [0.717, 1.165) is 31.2 Å². The van der Waals surface area contributed by atoms with Crippen LogP contribution in [0.15, 0.2) is 18.2 Å². The maximum Gasteiger partial charge on any atom is 0.125 e. The Morgan fingerprint density at radius 1 is 1.06 bits per heavy atom. The number of aliphatic hydroxyl groups is 2. The summed E-state index contributed by atoms with van der Waals surface area (Å²) in [5.41, 5.74) is 0.740.